The van der Waals surface area contributed by atoms with Crippen molar-refractivity contribution in [1.82, 2.24) is 14.5 Å². The zero-order valence-corrected chi connectivity index (χ0v) is 20.6. The van der Waals surface area contributed by atoms with E-state index in [-0.39, 0.29) is 18.9 Å². The fourth-order valence-corrected chi connectivity index (χ4v) is 5.23. The molecule has 0 saturated carbocycles. The van der Waals surface area contributed by atoms with Gasteiger partial charge in [0.25, 0.3) is 0 Å². The number of carbonyl (C=O) groups is 2. The number of nitrogens with one attached hydrogen (secondary N) is 1. The van der Waals surface area contributed by atoms with Crippen molar-refractivity contribution in [1.29, 1.82) is 0 Å². The summed E-state index contributed by atoms with van der Waals surface area (Å²) in [6.07, 6.45) is 4.27. The molecule has 0 bridgehead atoms. The second-order valence-corrected chi connectivity index (χ2v) is 9.31. The molecule has 0 aliphatic heterocycles. The van der Waals surface area contributed by atoms with Crippen LogP contribution in [0, 0.1) is 0 Å². The molecule has 5 aromatic rings. The molecule has 2 aromatic heterocycles. The van der Waals surface area contributed by atoms with Gasteiger partial charge in [0.05, 0.1) is 35.6 Å². The Kier molecular flexibility index (Phi) is 5.96. The summed E-state index contributed by atoms with van der Waals surface area (Å²) in [5.74, 6) is 0.972. The lowest BCUT2D eigenvalue weighted by Crippen LogP contribution is -2.18. The van der Waals surface area contributed by atoms with E-state index in [1.54, 1.807) is 25.3 Å². The number of carbonyl (C=O) groups excluding carboxylic acids is 2. The number of hydrogen-bond donors (Lipinski definition) is 1. The van der Waals surface area contributed by atoms with Crippen molar-refractivity contribution >= 4 is 33.8 Å². The van der Waals surface area contributed by atoms with Crippen LogP contribution in [0.1, 0.15) is 45.7 Å². The highest BCUT2D eigenvalue weighted by molar-refractivity contribution is 5.97. The Bertz CT molecular complexity index is 1630. The van der Waals surface area contributed by atoms with Crippen molar-refractivity contribution in [3.8, 4) is 17.1 Å². The Morgan fingerprint density at radius 2 is 1.81 bits per heavy atom. The molecule has 2 heterocycles. The predicted octanol–water partition coefficient (Wildman–Crippen LogP) is 5.96. The zero-order valence-electron chi connectivity index (χ0n) is 20.6. The van der Waals surface area contributed by atoms with Crippen molar-refractivity contribution in [3.05, 3.63) is 83.6 Å². The smallest absolute Gasteiger partial charge is 0.338 e. The molecule has 0 radical (unpaired) electrons. The summed E-state index contributed by atoms with van der Waals surface area (Å²) < 4.78 is 12.6. The molecular formula is C30H27N3O4. The number of nitrogens with zero attached hydrogens (tertiary/aromatic N) is 2. The highest BCUT2D eigenvalue weighted by atomic mass is 16.5. The molecule has 0 amide bonds. The number of para-hydroxylation sites is 1. The number of aryl methyl sites for hydroxylation is 1. The van der Waals surface area contributed by atoms with Crippen molar-refractivity contribution in [2.45, 2.75) is 32.1 Å². The van der Waals surface area contributed by atoms with Gasteiger partial charge in [-0.2, -0.15) is 0 Å². The van der Waals surface area contributed by atoms with Crippen LogP contribution in [0.3, 0.4) is 0 Å². The van der Waals surface area contributed by atoms with E-state index < -0.39 is 5.97 Å². The first-order valence-corrected chi connectivity index (χ1v) is 12.6. The lowest BCUT2D eigenvalue weighted by molar-refractivity contribution is 0.0489. The van der Waals surface area contributed by atoms with Gasteiger partial charge >= 0.3 is 5.97 Å². The topological polar surface area (TPSA) is 86.2 Å². The molecule has 0 saturated heterocycles. The molecule has 7 nitrogen and oxygen atoms in total. The molecule has 6 rings (SSSR count). The van der Waals surface area contributed by atoms with Gasteiger partial charge in [-0.25, -0.2) is 9.78 Å². The molecule has 37 heavy (non-hydrogen) atoms. The predicted molar refractivity (Wildman–Crippen MR) is 142 cm³/mol. The number of aromatic amines is 1. The molecule has 1 aliphatic carbocycles. The van der Waals surface area contributed by atoms with Crippen LogP contribution in [0.15, 0.2) is 66.7 Å². The van der Waals surface area contributed by atoms with E-state index in [0.29, 0.717) is 11.4 Å². The third-order valence-corrected chi connectivity index (χ3v) is 7.06. The Labute approximate surface area is 214 Å². The van der Waals surface area contributed by atoms with Crippen molar-refractivity contribution in [2.75, 3.05) is 13.7 Å². The fourth-order valence-electron chi connectivity index (χ4n) is 5.23. The largest absolute Gasteiger partial charge is 0.497 e. The number of aromatic nitrogens is 3. The average molecular weight is 494 g/mol. The minimum Gasteiger partial charge on any atom is -0.497 e. The fraction of sp³-hybridized carbons (Fsp3) is 0.233. The second-order valence-electron chi connectivity index (χ2n) is 9.31. The Morgan fingerprint density at radius 3 is 2.65 bits per heavy atom. The lowest BCUT2D eigenvalue weighted by Gasteiger charge is -2.15. The summed E-state index contributed by atoms with van der Waals surface area (Å²) >= 11 is 0. The van der Waals surface area contributed by atoms with E-state index in [2.05, 4.69) is 16.0 Å². The first kappa shape index (κ1) is 23.0. The van der Waals surface area contributed by atoms with Crippen molar-refractivity contribution in [3.63, 3.8) is 0 Å². The number of ether oxygens (including phenoxy) is 2. The van der Waals surface area contributed by atoms with Crippen molar-refractivity contribution in [2.24, 2.45) is 0 Å². The summed E-state index contributed by atoms with van der Waals surface area (Å²) in [5.41, 5.74) is 6.16. The molecule has 0 atom stereocenters. The summed E-state index contributed by atoms with van der Waals surface area (Å²) in [4.78, 5) is 33.9. The maximum absolute atomic E-state index is 13.2. The van der Waals surface area contributed by atoms with E-state index in [1.807, 2.05) is 47.0 Å². The van der Waals surface area contributed by atoms with Crippen LogP contribution in [0.25, 0.3) is 33.3 Å². The van der Waals surface area contributed by atoms with Gasteiger partial charge in [0, 0.05) is 16.6 Å². The van der Waals surface area contributed by atoms with E-state index in [4.69, 9.17) is 9.47 Å². The third-order valence-electron chi connectivity index (χ3n) is 7.06. The number of benzene rings is 3. The van der Waals surface area contributed by atoms with Crippen LogP contribution in [0.2, 0.25) is 0 Å². The summed E-state index contributed by atoms with van der Waals surface area (Å²) in [6.45, 7) is 0.0249. The van der Waals surface area contributed by atoms with Gasteiger partial charge in [-0.1, -0.05) is 18.2 Å². The number of fused-ring (bicyclic) bond motifs is 4. The van der Waals surface area contributed by atoms with Crippen LogP contribution in [-0.2, 0) is 17.6 Å². The van der Waals surface area contributed by atoms with Crippen molar-refractivity contribution < 1.29 is 19.1 Å². The van der Waals surface area contributed by atoms with Gasteiger partial charge in [0.2, 0.25) is 5.91 Å². The average Bonchev–Trinajstić information content (AvgIpc) is 3.52. The molecule has 3 aromatic carbocycles. The number of rotatable bonds is 6. The van der Waals surface area contributed by atoms with Gasteiger partial charge in [-0.05, 0) is 79.8 Å². The minimum atomic E-state index is -0.463. The monoisotopic (exact) mass is 493 g/mol. The second kappa shape index (κ2) is 9.58. The summed E-state index contributed by atoms with van der Waals surface area (Å²) in [5, 5.41) is 1.16. The minimum absolute atomic E-state index is 0.0249. The third kappa shape index (κ3) is 4.27. The van der Waals surface area contributed by atoms with Crippen LogP contribution < -0.4 is 4.74 Å². The van der Waals surface area contributed by atoms with Gasteiger partial charge < -0.3 is 14.5 Å². The van der Waals surface area contributed by atoms with Gasteiger partial charge in [-0.15, -0.1) is 0 Å². The van der Waals surface area contributed by atoms with Gasteiger partial charge in [0.1, 0.15) is 18.2 Å². The highest BCUT2D eigenvalue weighted by Crippen LogP contribution is 2.32. The summed E-state index contributed by atoms with van der Waals surface area (Å²) in [7, 11) is 1.63. The number of esters is 1. The number of methoxy groups -OCH3 is 1. The molecule has 186 valence electrons. The highest BCUT2D eigenvalue weighted by Gasteiger charge is 2.23. The normalized spacial score (nSPS) is 13.0. The molecule has 0 spiro atoms. The van der Waals surface area contributed by atoms with E-state index in [1.165, 1.54) is 5.56 Å². The SMILES string of the molecule is COc1ccc(-c2nc3ccc(C(=O)OCCC(=O)n4c5c(c6ccccc64)CCCC5)cc3[nH]2)cc1. The van der Waals surface area contributed by atoms with Gasteiger partial charge in [0.15, 0.2) is 0 Å². The standard InChI is InChI=1S/C30H27N3O4/c1-36-21-13-10-19(11-14-21)29-31-24-15-12-20(18-25(24)32-29)30(35)37-17-16-28(34)33-26-8-4-2-6-22(26)23-7-3-5-9-27(23)33/h2,4,6,8,10-15,18H,3,5,7,9,16-17H2,1H3,(H,31,32). The van der Waals surface area contributed by atoms with Crippen LogP contribution in [0.5, 0.6) is 5.75 Å². The maximum Gasteiger partial charge on any atom is 0.338 e. The first-order chi connectivity index (χ1) is 18.1. The van der Waals surface area contributed by atoms with E-state index >= 15 is 0 Å². The zero-order chi connectivity index (χ0) is 25.4. The number of hydrogen-bond acceptors (Lipinski definition) is 5. The van der Waals surface area contributed by atoms with Crippen LogP contribution in [0.4, 0.5) is 0 Å². The molecule has 1 aliphatic rings. The maximum atomic E-state index is 13.2. The summed E-state index contributed by atoms with van der Waals surface area (Å²) in [6, 6.07) is 20.9. The molecule has 0 unspecified atom stereocenters. The quantitative estimate of drug-likeness (QED) is 0.295. The van der Waals surface area contributed by atoms with E-state index in [9.17, 15) is 9.59 Å². The lowest BCUT2D eigenvalue weighted by atomic mass is 9.95. The van der Waals surface area contributed by atoms with Crippen LogP contribution >= 0.6 is 0 Å². The Morgan fingerprint density at radius 1 is 1.00 bits per heavy atom. The van der Waals surface area contributed by atoms with E-state index in [0.717, 1.165) is 64.6 Å². The first-order valence-electron chi connectivity index (χ1n) is 12.6. The number of imidazole rings is 1. The Balaban J connectivity index is 1.15. The molecule has 0 fully saturated rings. The Hall–Kier alpha value is -4.39. The molecular weight excluding hydrogens is 466 g/mol. The van der Waals surface area contributed by atoms with Gasteiger partial charge in [-0.3, -0.25) is 9.36 Å². The molecule has 7 heteroatoms. The number of H-pyrrole nitrogens is 1. The molecule has 1 N–H and O–H groups in total. The van der Waals surface area contributed by atoms with Crippen LogP contribution in [-0.4, -0.2) is 40.1 Å².